The van der Waals surface area contributed by atoms with Gasteiger partial charge >= 0.3 is 0 Å². The molecule has 0 radical (unpaired) electrons. The van der Waals surface area contributed by atoms with Gasteiger partial charge in [0.1, 0.15) is 0 Å². The number of hydrogen-bond donors (Lipinski definition) is 1. The molecule has 3 fully saturated rings. The summed E-state index contributed by atoms with van der Waals surface area (Å²) in [5.41, 5.74) is 0.188. The summed E-state index contributed by atoms with van der Waals surface area (Å²) in [6, 6.07) is 0.389. The predicted octanol–water partition coefficient (Wildman–Crippen LogP) is 0.995. The quantitative estimate of drug-likeness (QED) is 0.627. The number of nitrogens with one attached hydrogen (secondary N) is 1. The maximum atomic E-state index is 11.6. The molecule has 2 atom stereocenters. The lowest BCUT2D eigenvalue weighted by Crippen LogP contribution is -2.46. The van der Waals surface area contributed by atoms with E-state index in [9.17, 15) is 4.79 Å². The molecular weight excluding hydrogens is 176 g/mol. The summed E-state index contributed by atoms with van der Waals surface area (Å²) >= 11 is 0. The van der Waals surface area contributed by atoms with Crippen LogP contribution in [0.2, 0.25) is 0 Å². The zero-order valence-corrected chi connectivity index (χ0v) is 9.34. The summed E-state index contributed by atoms with van der Waals surface area (Å²) in [6.07, 6.45) is 2.23. The predicted molar refractivity (Wildman–Crippen MR) is 56.0 cm³/mol. The van der Waals surface area contributed by atoms with E-state index in [1.807, 2.05) is 0 Å². The first kappa shape index (κ1) is 9.97. The fraction of sp³-hybridized carbons (Fsp3) is 0.909. The van der Waals surface area contributed by atoms with Crippen LogP contribution in [0.4, 0.5) is 0 Å². The van der Waals surface area contributed by atoms with Crippen LogP contribution < -0.4 is 5.32 Å². The highest BCUT2D eigenvalue weighted by atomic mass is 16.2. The van der Waals surface area contributed by atoms with E-state index < -0.39 is 0 Å². The summed E-state index contributed by atoms with van der Waals surface area (Å²) in [7, 11) is 0. The van der Waals surface area contributed by atoms with Crippen LogP contribution in [0.25, 0.3) is 0 Å². The zero-order chi connectivity index (χ0) is 10.3. The number of rotatable bonds is 0. The van der Waals surface area contributed by atoms with E-state index in [0.717, 1.165) is 25.9 Å². The topological polar surface area (TPSA) is 32.3 Å². The number of carbonyl (C=O) groups is 1. The minimum absolute atomic E-state index is 0.188. The molecule has 0 spiro atoms. The Balaban J connectivity index is 2.15. The van der Waals surface area contributed by atoms with Gasteiger partial charge in [0, 0.05) is 24.7 Å². The van der Waals surface area contributed by atoms with Gasteiger partial charge in [-0.1, -0.05) is 0 Å². The third-order valence-electron chi connectivity index (χ3n) is 3.41. The summed E-state index contributed by atoms with van der Waals surface area (Å²) < 4.78 is 0. The second kappa shape index (κ2) is 3.23. The summed E-state index contributed by atoms with van der Waals surface area (Å²) in [6.45, 7) is 8.63. The third-order valence-corrected chi connectivity index (χ3v) is 3.41. The maximum Gasteiger partial charge on any atom is 0.224 e. The number of fused-ring (bicyclic) bond motifs is 4. The average molecular weight is 196 g/mol. The molecule has 1 N–H and O–H groups in total. The molecule has 3 rings (SSSR count). The summed E-state index contributed by atoms with van der Waals surface area (Å²) in [5, 5.41) is 3.10. The number of hydrogen-bond acceptors (Lipinski definition) is 2. The van der Waals surface area contributed by atoms with Crippen LogP contribution in [-0.2, 0) is 4.79 Å². The fourth-order valence-corrected chi connectivity index (χ4v) is 2.39. The van der Waals surface area contributed by atoms with Gasteiger partial charge in [0.2, 0.25) is 5.91 Å². The lowest BCUT2D eigenvalue weighted by atomic mass is 9.96. The lowest BCUT2D eigenvalue weighted by Gasteiger charge is -2.35. The molecule has 2 unspecified atom stereocenters. The van der Waals surface area contributed by atoms with Crippen molar-refractivity contribution in [2.75, 3.05) is 13.1 Å². The molecule has 0 aliphatic carbocycles. The Kier molecular flexibility index (Phi) is 2.30. The van der Waals surface area contributed by atoms with Gasteiger partial charge < -0.3 is 5.32 Å². The van der Waals surface area contributed by atoms with Crippen LogP contribution in [0.5, 0.6) is 0 Å². The highest BCUT2D eigenvalue weighted by Crippen LogP contribution is 2.26. The van der Waals surface area contributed by atoms with E-state index in [0.29, 0.717) is 6.04 Å². The zero-order valence-electron chi connectivity index (χ0n) is 9.34. The Morgan fingerprint density at radius 1 is 1.29 bits per heavy atom. The maximum absolute atomic E-state index is 11.6. The van der Waals surface area contributed by atoms with Crippen LogP contribution in [-0.4, -0.2) is 35.5 Å². The molecule has 14 heavy (non-hydrogen) atoms. The van der Waals surface area contributed by atoms with Crippen molar-refractivity contribution in [3.63, 3.8) is 0 Å². The van der Waals surface area contributed by atoms with Gasteiger partial charge in [0.05, 0.1) is 5.92 Å². The molecular formula is C11H20N2O. The van der Waals surface area contributed by atoms with Crippen molar-refractivity contribution in [1.82, 2.24) is 10.2 Å². The number of nitrogens with zero attached hydrogens (tertiary/aromatic N) is 1. The molecule has 0 aromatic rings. The smallest absolute Gasteiger partial charge is 0.224 e. The van der Waals surface area contributed by atoms with Gasteiger partial charge in [0.15, 0.2) is 0 Å². The summed E-state index contributed by atoms with van der Waals surface area (Å²) in [4.78, 5) is 14.0. The van der Waals surface area contributed by atoms with Crippen molar-refractivity contribution in [1.29, 1.82) is 0 Å². The van der Waals surface area contributed by atoms with E-state index in [4.69, 9.17) is 0 Å². The minimum atomic E-state index is 0.188. The molecule has 1 amide bonds. The van der Waals surface area contributed by atoms with Crippen LogP contribution in [0, 0.1) is 5.92 Å². The van der Waals surface area contributed by atoms with E-state index in [1.165, 1.54) is 0 Å². The molecule has 3 aliphatic rings. The molecule has 0 aromatic carbocycles. The van der Waals surface area contributed by atoms with Crippen LogP contribution >= 0.6 is 0 Å². The first-order chi connectivity index (χ1) is 6.47. The molecule has 80 valence electrons. The molecule has 3 nitrogen and oxygen atoms in total. The second-order valence-electron chi connectivity index (χ2n) is 5.56. The van der Waals surface area contributed by atoms with E-state index >= 15 is 0 Å². The van der Waals surface area contributed by atoms with Crippen molar-refractivity contribution in [3.05, 3.63) is 0 Å². The Labute approximate surface area is 85.8 Å². The van der Waals surface area contributed by atoms with Crippen molar-refractivity contribution in [2.24, 2.45) is 5.92 Å². The SMILES string of the molecule is CC(C)(C)N1CC2CCC(C1)C(=O)N2. The minimum Gasteiger partial charge on any atom is -0.352 e. The van der Waals surface area contributed by atoms with E-state index in [-0.39, 0.29) is 17.4 Å². The lowest BCUT2D eigenvalue weighted by molar-refractivity contribution is -0.126. The largest absolute Gasteiger partial charge is 0.352 e. The first-order valence-corrected chi connectivity index (χ1v) is 5.52. The standard InChI is InChI=1S/C11H20N2O/c1-11(2,3)13-6-8-4-5-9(7-13)12-10(8)14/h8-9H,4-7H2,1-3H3,(H,12,14). The molecule has 3 heterocycles. The Morgan fingerprint density at radius 3 is 2.57 bits per heavy atom. The van der Waals surface area contributed by atoms with Crippen LogP contribution in [0.1, 0.15) is 33.6 Å². The van der Waals surface area contributed by atoms with Crippen LogP contribution in [0.3, 0.4) is 0 Å². The highest BCUT2D eigenvalue weighted by Gasteiger charge is 2.37. The monoisotopic (exact) mass is 196 g/mol. The van der Waals surface area contributed by atoms with Gasteiger partial charge in [0.25, 0.3) is 0 Å². The van der Waals surface area contributed by atoms with Crippen molar-refractivity contribution >= 4 is 5.91 Å². The number of amides is 1. The normalized spacial score (nSPS) is 34.1. The second-order valence-corrected chi connectivity index (χ2v) is 5.56. The third kappa shape index (κ3) is 1.78. The average Bonchev–Trinajstić information content (AvgIpc) is 2.33. The van der Waals surface area contributed by atoms with Crippen molar-refractivity contribution < 1.29 is 4.79 Å². The number of piperidine rings is 1. The van der Waals surface area contributed by atoms with Gasteiger partial charge in [-0.15, -0.1) is 0 Å². The van der Waals surface area contributed by atoms with Gasteiger partial charge in [-0.3, -0.25) is 9.69 Å². The fourth-order valence-electron chi connectivity index (χ4n) is 2.39. The van der Waals surface area contributed by atoms with Crippen molar-refractivity contribution in [2.45, 2.75) is 45.2 Å². The Bertz CT molecular complexity index is 244. The summed E-state index contributed by atoms with van der Waals surface area (Å²) in [5.74, 6) is 0.501. The molecule has 3 saturated heterocycles. The van der Waals surface area contributed by atoms with Gasteiger partial charge in [-0.05, 0) is 33.6 Å². The highest BCUT2D eigenvalue weighted by molar-refractivity contribution is 5.80. The van der Waals surface area contributed by atoms with Crippen LogP contribution in [0.15, 0.2) is 0 Å². The van der Waals surface area contributed by atoms with Gasteiger partial charge in [-0.2, -0.15) is 0 Å². The first-order valence-electron chi connectivity index (χ1n) is 5.52. The molecule has 0 saturated carbocycles. The molecule has 3 heteroatoms. The molecule has 3 aliphatic heterocycles. The number of carbonyl (C=O) groups excluding carboxylic acids is 1. The van der Waals surface area contributed by atoms with Gasteiger partial charge in [-0.25, -0.2) is 0 Å². The molecule has 0 aromatic heterocycles. The Hall–Kier alpha value is -0.570. The van der Waals surface area contributed by atoms with E-state index in [2.05, 4.69) is 31.0 Å². The molecule has 2 bridgehead atoms. The van der Waals surface area contributed by atoms with Crippen molar-refractivity contribution in [3.8, 4) is 0 Å². The van der Waals surface area contributed by atoms with E-state index in [1.54, 1.807) is 0 Å². The Morgan fingerprint density at radius 2 is 2.00 bits per heavy atom.